The molecule has 118 valence electrons. The van der Waals surface area contributed by atoms with E-state index in [1.807, 2.05) is 58.9 Å². The highest BCUT2D eigenvalue weighted by Gasteiger charge is 2.20. The van der Waals surface area contributed by atoms with Gasteiger partial charge in [-0.3, -0.25) is 5.32 Å². The van der Waals surface area contributed by atoms with Crippen molar-refractivity contribution in [1.29, 1.82) is 0 Å². The molecule has 2 rings (SSSR count). The molecule has 0 saturated carbocycles. The molecule has 0 atom stereocenters. The van der Waals surface area contributed by atoms with Gasteiger partial charge < -0.3 is 9.26 Å². The van der Waals surface area contributed by atoms with E-state index in [1.54, 1.807) is 0 Å². The zero-order chi connectivity index (χ0) is 16.3. The molecule has 0 fully saturated rings. The lowest BCUT2D eigenvalue weighted by Gasteiger charge is -2.20. The first kappa shape index (κ1) is 16.1. The van der Waals surface area contributed by atoms with E-state index in [0.29, 0.717) is 5.69 Å². The minimum Gasteiger partial charge on any atom is -0.444 e. The van der Waals surface area contributed by atoms with Gasteiger partial charge in [0.05, 0.1) is 11.4 Å². The van der Waals surface area contributed by atoms with E-state index in [2.05, 4.69) is 10.5 Å². The summed E-state index contributed by atoms with van der Waals surface area (Å²) in [5, 5.41) is 6.87. The lowest BCUT2D eigenvalue weighted by Crippen LogP contribution is -2.27. The third-order valence-electron chi connectivity index (χ3n) is 3.10. The zero-order valence-electron chi connectivity index (χ0n) is 13.7. The molecule has 5 nitrogen and oxygen atoms in total. The second kappa shape index (κ2) is 6.22. The number of aryl methyl sites for hydroxylation is 2. The van der Waals surface area contributed by atoms with Gasteiger partial charge in [0.25, 0.3) is 0 Å². The van der Waals surface area contributed by atoms with Crippen molar-refractivity contribution in [2.45, 2.75) is 46.6 Å². The van der Waals surface area contributed by atoms with Crippen LogP contribution in [0, 0.1) is 6.92 Å². The molecular formula is C17H22N2O3. The minimum absolute atomic E-state index is 0.480. The summed E-state index contributed by atoms with van der Waals surface area (Å²) in [5.41, 5.74) is 2.81. The van der Waals surface area contributed by atoms with Crippen LogP contribution >= 0.6 is 0 Å². The summed E-state index contributed by atoms with van der Waals surface area (Å²) in [4.78, 5) is 12.0. The van der Waals surface area contributed by atoms with Crippen LogP contribution in [0.2, 0.25) is 0 Å². The number of hydrogen-bond donors (Lipinski definition) is 1. The van der Waals surface area contributed by atoms with Crippen LogP contribution in [0.25, 0.3) is 11.1 Å². The highest BCUT2D eigenvalue weighted by atomic mass is 16.6. The third-order valence-corrected chi connectivity index (χ3v) is 3.10. The van der Waals surface area contributed by atoms with E-state index < -0.39 is 11.7 Å². The van der Waals surface area contributed by atoms with Crippen molar-refractivity contribution in [1.82, 2.24) is 5.16 Å². The number of benzene rings is 1. The number of aromatic nitrogens is 1. The first-order valence-corrected chi connectivity index (χ1v) is 7.36. The van der Waals surface area contributed by atoms with Crippen LogP contribution in [0.3, 0.4) is 0 Å². The molecule has 1 aromatic heterocycles. The second-order valence-corrected chi connectivity index (χ2v) is 6.09. The Balaban J connectivity index is 2.35. The number of nitrogens with zero attached hydrogens (tertiary/aromatic N) is 1. The number of anilines is 1. The Morgan fingerprint density at radius 3 is 2.64 bits per heavy atom. The summed E-state index contributed by atoms with van der Waals surface area (Å²) in [6.45, 7) is 9.38. The predicted molar refractivity (Wildman–Crippen MR) is 85.9 cm³/mol. The van der Waals surface area contributed by atoms with Gasteiger partial charge in [0.2, 0.25) is 0 Å². The molecule has 1 aromatic carbocycles. The number of rotatable bonds is 3. The maximum Gasteiger partial charge on any atom is 0.412 e. The van der Waals surface area contributed by atoms with E-state index >= 15 is 0 Å². The van der Waals surface area contributed by atoms with Gasteiger partial charge in [-0.2, -0.15) is 0 Å². The maximum atomic E-state index is 12.0. The smallest absolute Gasteiger partial charge is 0.412 e. The van der Waals surface area contributed by atoms with Crippen LogP contribution in [0.1, 0.15) is 39.1 Å². The molecule has 0 aliphatic heterocycles. The zero-order valence-corrected chi connectivity index (χ0v) is 13.7. The monoisotopic (exact) mass is 302 g/mol. The predicted octanol–water partition coefficient (Wildman–Crippen LogP) is 4.56. The fourth-order valence-electron chi connectivity index (χ4n) is 2.23. The Hall–Kier alpha value is -2.30. The summed E-state index contributed by atoms with van der Waals surface area (Å²) < 4.78 is 10.6. The van der Waals surface area contributed by atoms with Crippen LogP contribution in [-0.2, 0) is 11.2 Å². The molecule has 1 amide bonds. The van der Waals surface area contributed by atoms with Crippen molar-refractivity contribution in [3.05, 3.63) is 35.7 Å². The number of carbonyl (C=O) groups is 1. The molecular weight excluding hydrogens is 280 g/mol. The van der Waals surface area contributed by atoms with Crippen molar-refractivity contribution in [3.8, 4) is 11.1 Å². The molecule has 0 aliphatic rings. The Labute approximate surface area is 130 Å². The van der Waals surface area contributed by atoms with Crippen LogP contribution in [0.4, 0.5) is 10.5 Å². The number of amides is 1. The molecule has 5 heteroatoms. The molecule has 0 aliphatic carbocycles. The van der Waals surface area contributed by atoms with Crippen LogP contribution in [-0.4, -0.2) is 16.9 Å². The van der Waals surface area contributed by atoms with Crippen LogP contribution < -0.4 is 5.32 Å². The van der Waals surface area contributed by atoms with Gasteiger partial charge in [0.1, 0.15) is 11.4 Å². The molecule has 0 unspecified atom stereocenters. The van der Waals surface area contributed by atoms with E-state index in [-0.39, 0.29) is 0 Å². The largest absolute Gasteiger partial charge is 0.444 e. The van der Waals surface area contributed by atoms with Crippen molar-refractivity contribution >= 4 is 11.8 Å². The second-order valence-electron chi connectivity index (χ2n) is 6.09. The van der Waals surface area contributed by atoms with Gasteiger partial charge in [-0.05, 0) is 40.2 Å². The lowest BCUT2D eigenvalue weighted by atomic mass is 10.0. The Morgan fingerprint density at radius 2 is 2.00 bits per heavy atom. The highest BCUT2D eigenvalue weighted by Crippen LogP contribution is 2.33. The number of carbonyl (C=O) groups excluding carboxylic acids is 1. The van der Waals surface area contributed by atoms with Gasteiger partial charge in [-0.1, -0.05) is 30.3 Å². The van der Waals surface area contributed by atoms with Gasteiger partial charge in [0.15, 0.2) is 0 Å². The lowest BCUT2D eigenvalue weighted by molar-refractivity contribution is 0.0636. The summed E-state index contributed by atoms with van der Waals surface area (Å²) in [6.07, 6.45) is 0.278. The standard InChI is InChI=1S/C17H22N2O3/c1-6-13-15(11(2)22-19-13)12-9-7-8-10-14(12)18-16(20)21-17(3,4)5/h7-10H,6H2,1-5H3,(H,18,20). The van der Waals surface area contributed by atoms with Crippen LogP contribution in [0.15, 0.2) is 28.8 Å². The molecule has 0 saturated heterocycles. The molecule has 1 heterocycles. The summed E-state index contributed by atoms with van der Waals surface area (Å²) >= 11 is 0. The quantitative estimate of drug-likeness (QED) is 0.902. The third kappa shape index (κ3) is 3.67. The van der Waals surface area contributed by atoms with Crippen LogP contribution in [0.5, 0.6) is 0 Å². The molecule has 22 heavy (non-hydrogen) atoms. The Morgan fingerprint density at radius 1 is 1.32 bits per heavy atom. The molecule has 0 spiro atoms. The van der Waals surface area contributed by atoms with Crippen molar-refractivity contribution in [2.24, 2.45) is 0 Å². The average Bonchev–Trinajstić information content (AvgIpc) is 2.78. The normalized spacial score (nSPS) is 11.3. The van der Waals surface area contributed by atoms with Gasteiger partial charge >= 0.3 is 6.09 Å². The summed E-state index contributed by atoms with van der Waals surface area (Å²) in [7, 11) is 0. The Kier molecular flexibility index (Phi) is 4.54. The molecule has 1 N–H and O–H groups in total. The van der Waals surface area contributed by atoms with E-state index in [1.165, 1.54) is 0 Å². The molecule has 2 aromatic rings. The first-order chi connectivity index (χ1) is 10.3. The number of para-hydroxylation sites is 1. The number of hydrogen-bond acceptors (Lipinski definition) is 4. The maximum absolute atomic E-state index is 12.0. The van der Waals surface area contributed by atoms with Crippen molar-refractivity contribution < 1.29 is 14.1 Å². The fraction of sp³-hybridized carbons (Fsp3) is 0.412. The average molecular weight is 302 g/mol. The van der Waals surface area contributed by atoms with Crippen molar-refractivity contribution in [2.75, 3.05) is 5.32 Å². The topological polar surface area (TPSA) is 64.4 Å². The van der Waals surface area contributed by atoms with Gasteiger partial charge in [0, 0.05) is 11.1 Å². The Bertz CT molecular complexity index is 669. The SMILES string of the molecule is CCc1noc(C)c1-c1ccccc1NC(=O)OC(C)(C)C. The summed E-state index contributed by atoms with van der Waals surface area (Å²) in [6, 6.07) is 7.56. The van der Waals surface area contributed by atoms with E-state index in [0.717, 1.165) is 29.0 Å². The van der Waals surface area contributed by atoms with Gasteiger partial charge in [-0.15, -0.1) is 0 Å². The highest BCUT2D eigenvalue weighted by molar-refractivity contribution is 5.92. The van der Waals surface area contributed by atoms with Crippen molar-refractivity contribution in [3.63, 3.8) is 0 Å². The van der Waals surface area contributed by atoms with E-state index in [4.69, 9.17) is 9.26 Å². The minimum atomic E-state index is -0.541. The molecule has 0 radical (unpaired) electrons. The molecule has 0 bridgehead atoms. The fourth-order valence-corrected chi connectivity index (χ4v) is 2.23. The van der Waals surface area contributed by atoms with Gasteiger partial charge in [-0.25, -0.2) is 4.79 Å². The van der Waals surface area contributed by atoms with E-state index in [9.17, 15) is 4.79 Å². The first-order valence-electron chi connectivity index (χ1n) is 7.36. The number of nitrogens with one attached hydrogen (secondary N) is 1. The summed E-state index contributed by atoms with van der Waals surface area (Å²) in [5.74, 6) is 0.732. The number of ether oxygens (including phenoxy) is 1.